The maximum absolute atomic E-state index is 10.1. The summed E-state index contributed by atoms with van der Waals surface area (Å²) in [6, 6.07) is 12.8. The van der Waals surface area contributed by atoms with E-state index in [1.54, 1.807) is 13.2 Å². The van der Waals surface area contributed by atoms with E-state index in [9.17, 15) is 5.11 Å². The standard InChI is InChI=1S/C16H14N2O3/c1-10-4-3-5-13(14(10)19)16-17-15(18-21-16)11-6-8-12(20-2)9-7-11/h3-9,19H,1-2H3. The van der Waals surface area contributed by atoms with Gasteiger partial charge in [-0.05, 0) is 42.8 Å². The summed E-state index contributed by atoms with van der Waals surface area (Å²) in [5.74, 6) is 1.68. The van der Waals surface area contributed by atoms with E-state index in [4.69, 9.17) is 9.26 Å². The number of rotatable bonds is 3. The third-order valence-electron chi connectivity index (χ3n) is 3.24. The Bertz CT molecular complexity index is 763. The van der Waals surface area contributed by atoms with Crippen molar-refractivity contribution in [2.45, 2.75) is 6.92 Å². The van der Waals surface area contributed by atoms with E-state index in [-0.39, 0.29) is 5.75 Å². The summed E-state index contributed by atoms with van der Waals surface area (Å²) in [6.07, 6.45) is 0. The maximum Gasteiger partial charge on any atom is 0.262 e. The van der Waals surface area contributed by atoms with E-state index in [1.807, 2.05) is 43.3 Å². The van der Waals surface area contributed by atoms with Gasteiger partial charge < -0.3 is 14.4 Å². The zero-order valence-electron chi connectivity index (χ0n) is 11.7. The van der Waals surface area contributed by atoms with Crippen molar-refractivity contribution >= 4 is 0 Å². The van der Waals surface area contributed by atoms with Crippen LogP contribution < -0.4 is 4.74 Å². The van der Waals surface area contributed by atoms with Gasteiger partial charge in [-0.15, -0.1) is 0 Å². The summed E-state index contributed by atoms with van der Waals surface area (Å²) < 4.78 is 10.4. The molecular formula is C16H14N2O3. The number of hydrogen-bond acceptors (Lipinski definition) is 5. The van der Waals surface area contributed by atoms with Gasteiger partial charge in [-0.3, -0.25) is 0 Å². The number of methoxy groups -OCH3 is 1. The number of nitrogens with zero attached hydrogens (tertiary/aromatic N) is 2. The second-order valence-corrected chi connectivity index (χ2v) is 4.62. The van der Waals surface area contributed by atoms with Gasteiger partial charge in [0.05, 0.1) is 12.7 Å². The first-order chi connectivity index (χ1) is 10.2. The van der Waals surface area contributed by atoms with Crippen molar-refractivity contribution in [2.75, 3.05) is 7.11 Å². The van der Waals surface area contributed by atoms with Crippen LogP contribution in [0.15, 0.2) is 47.0 Å². The average Bonchev–Trinajstić information content (AvgIpc) is 3.00. The van der Waals surface area contributed by atoms with Gasteiger partial charge in [0.25, 0.3) is 5.89 Å². The summed E-state index contributed by atoms with van der Waals surface area (Å²) in [5.41, 5.74) is 2.11. The van der Waals surface area contributed by atoms with Crippen LogP contribution in [-0.2, 0) is 0 Å². The number of aromatic hydroxyl groups is 1. The first-order valence-electron chi connectivity index (χ1n) is 6.46. The Balaban J connectivity index is 1.97. The molecule has 106 valence electrons. The van der Waals surface area contributed by atoms with Crippen LogP contribution in [0.2, 0.25) is 0 Å². The van der Waals surface area contributed by atoms with Crippen LogP contribution in [-0.4, -0.2) is 22.4 Å². The molecule has 1 heterocycles. The predicted molar refractivity (Wildman–Crippen MR) is 78.1 cm³/mol. The highest BCUT2D eigenvalue weighted by atomic mass is 16.5. The van der Waals surface area contributed by atoms with E-state index >= 15 is 0 Å². The van der Waals surface area contributed by atoms with Crippen molar-refractivity contribution in [1.82, 2.24) is 10.1 Å². The monoisotopic (exact) mass is 282 g/mol. The van der Waals surface area contributed by atoms with Crippen molar-refractivity contribution in [3.8, 4) is 34.3 Å². The van der Waals surface area contributed by atoms with Crippen molar-refractivity contribution in [2.24, 2.45) is 0 Å². The number of phenolic OH excluding ortho intramolecular Hbond substituents is 1. The van der Waals surface area contributed by atoms with E-state index in [0.717, 1.165) is 16.9 Å². The molecule has 3 aromatic rings. The summed E-state index contributed by atoms with van der Waals surface area (Å²) in [5, 5.41) is 14.0. The molecule has 0 spiro atoms. The number of aromatic nitrogens is 2. The summed E-state index contributed by atoms with van der Waals surface area (Å²) in [4.78, 5) is 4.33. The lowest BCUT2D eigenvalue weighted by molar-refractivity contribution is 0.414. The van der Waals surface area contributed by atoms with Gasteiger partial charge >= 0.3 is 0 Å². The summed E-state index contributed by atoms with van der Waals surface area (Å²) in [6.45, 7) is 1.82. The van der Waals surface area contributed by atoms with Gasteiger partial charge in [-0.2, -0.15) is 4.98 Å². The van der Waals surface area contributed by atoms with Gasteiger partial charge in [-0.25, -0.2) is 0 Å². The Labute approximate surface area is 121 Å². The molecule has 0 atom stereocenters. The molecule has 0 saturated heterocycles. The first-order valence-corrected chi connectivity index (χ1v) is 6.46. The SMILES string of the molecule is COc1ccc(-c2noc(-c3cccc(C)c3O)n2)cc1. The molecule has 0 aliphatic heterocycles. The molecule has 0 aliphatic rings. The molecular weight excluding hydrogens is 268 g/mol. The topological polar surface area (TPSA) is 68.4 Å². The second-order valence-electron chi connectivity index (χ2n) is 4.62. The normalized spacial score (nSPS) is 10.6. The smallest absolute Gasteiger partial charge is 0.262 e. The molecule has 0 saturated carbocycles. The molecule has 2 aromatic carbocycles. The molecule has 0 bridgehead atoms. The van der Waals surface area contributed by atoms with Crippen LogP contribution in [0.1, 0.15) is 5.56 Å². The van der Waals surface area contributed by atoms with E-state index in [0.29, 0.717) is 17.3 Å². The number of phenols is 1. The molecule has 1 N–H and O–H groups in total. The second kappa shape index (κ2) is 5.28. The maximum atomic E-state index is 10.1. The Morgan fingerprint density at radius 3 is 2.57 bits per heavy atom. The Morgan fingerprint density at radius 2 is 1.86 bits per heavy atom. The number of benzene rings is 2. The lowest BCUT2D eigenvalue weighted by Gasteiger charge is -2.01. The van der Waals surface area contributed by atoms with Crippen LogP contribution in [0.25, 0.3) is 22.8 Å². The third-order valence-corrected chi connectivity index (χ3v) is 3.24. The van der Waals surface area contributed by atoms with Crippen LogP contribution in [0, 0.1) is 6.92 Å². The first kappa shape index (κ1) is 13.2. The summed E-state index contributed by atoms with van der Waals surface area (Å²) >= 11 is 0. The third kappa shape index (κ3) is 2.45. The van der Waals surface area contributed by atoms with Gasteiger partial charge in [0.1, 0.15) is 11.5 Å². The van der Waals surface area contributed by atoms with Gasteiger partial charge in [0.15, 0.2) is 0 Å². The lowest BCUT2D eigenvalue weighted by Crippen LogP contribution is -1.85. The highest BCUT2D eigenvalue weighted by Crippen LogP contribution is 2.31. The minimum Gasteiger partial charge on any atom is -0.507 e. The van der Waals surface area contributed by atoms with Crippen molar-refractivity contribution in [3.05, 3.63) is 48.0 Å². The molecule has 3 rings (SSSR count). The molecule has 0 aliphatic carbocycles. The van der Waals surface area contributed by atoms with Gasteiger partial charge in [0.2, 0.25) is 5.82 Å². The fourth-order valence-corrected chi connectivity index (χ4v) is 2.02. The lowest BCUT2D eigenvalue weighted by atomic mass is 10.1. The van der Waals surface area contributed by atoms with E-state index in [2.05, 4.69) is 10.1 Å². The highest BCUT2D eigenvalue weighted by Gasteiger charge is 2.14. The van der Waals surface area contributed by atoms with Crippen molar-refractivity contribution < 1.29 is 14.4 Å². The highest BCUT2D eigenvalue weighted by molar-refractivity contribution is 5.66. The Morgan fingerprint density at radius 1 is 1.10 bits per heavy atom. The number of ether oxygens (including phenoxy) is 1. The van der Waals surface area contributed by atoms with Crippen LogP contribution in [0.5, 0.6) is 11.5 Å². The molecule has 5 nitrogen and oxygen atoms in total. The Kier molecular flexibility index (Phi) is 3.31. The number of para-hydroxylation sites is 1. The zero-order valence-corrected chi connectivity index (χ0v) is 11.7. The average molecular weight is 282 g/mol. The molecule has 0 radical (unpaired) electrons. The van der Waals surface area contributed by atoms with Crippen LogP contribution >= 0.6 is 0 Å². The molecule has 5 heteroatoms. The molecule has 0 amide bonds. The Hall–Kier alpha value is -2.82. The molecule has 21 heavy (non-hydrogen) atoms. The molecule has 1 aromatic heterocycles. The molecule has 0 unspecified atom stereocenters. The van der Waals surface area contributed by atoms with E-state index < -0.39 is 0 Å². The quantitative estimate of drug-likeness (QED) is 0.797. The fourth-order valence-electron chi connectivity index (χ4n) is 2.02. The minimum atomic E-state index is 0.155. The van der Waals surface area contributed by atoms with Gasteiger partial charge in [-0.1, -0.05) is 17.3 Å². The van der Waals surface area contributed by atoms with Crippen LogP contribution in [0.4, 0.5) is 0 Å². The van der Waals surface area contributed by atoms with E-state index in [1.165, 1.54) is 0 Å². The van der Waals surface area contributed by atoms with Gasteiger partial charge in [0, 0.05) is 5.56 Å². The predicted octanol–water partition coefficient (Wildman–Crippen LogP) is 3.43. The van der Waals surface area contributed by atoms with Crippen molar-refractivity contribution in [3.63, 3.8) is 0 Å². The number of hydrogen-bond donors (Lipinski definition) is 1. The largest absolute Gasteiger partial charge is 0.507 e. The zero-order chi connectivity index (χ0) is 14.8. The van der Waals surface area contributed by atoms with Crippen LogP contribution in [0.3, 0.4) is 0 Å². The fraction of sp³-hybridized carbons (Fsp3) is 0.125. The molecule has 0 fully saturated rings. The minimum absolute atomic E-state index is 0.155. The van der Waals surface area contributed by atoms with Crippen molar-refractivity contribution in [1.29, 1.82) is 0 Å². The number of aryl methyl sites for hydroxylation is 1. The summed E-state index contributed by atoms with van der Waals surface area (Å²) in [7, 11) is 1.61.